The number of allylic oxidation sites excluding steroid dienone is 3. The van der Waals surface area contributed by atoms with Gasteiger partial charge in [0.05, 0.1) is 40.6 Å². The molecule has 0 bridgehead atoms. The average Bonchev–Trinajstić information content (AvgIpc) is 3.64. The van der Waals surface area contributed by atoms with Crippen molar-refractivity contribution in [1.82, 2.24) is 0 Å². The maximum atomic E-state index is 13.2. The minimum absolute atomic E-state index is 0.0843. The van der Waals surface area contributed by atoms with Crippen molar-refractivity contribution in [2.45, 2.75) is 227 Å². The van der Waals surface area contributed by atoms with E-state index < -0.39 is 38.4 Å². The van der Waals surface area contributed by atoms with Gasteiger partial charge in [-0.15, -0.1) is 0 Å². The van der Waals surface area contributed by atoms with Crippen LogP contribution in [-0.4, -0.2) is 82.1 Å². The average molecular weight is 990 g/mol. The summed E-state index contributed by atoms with van der Waals surface area (Å²) < 4.78 is 40.2. The molecule has 0 heterocycles. The molecule has 0 aromatic carbocycles. The highest BCUT2D eigenvalue weighted by molar-refractivity contribution is 7.45. The molecule has 0 saturated heterocycles. The molecule has 0 radical (unpaired) electrons. The van der Waals surface area contributed by atoms with Gasteiger partial charge in [-0.2, -0.15) is 0 Å². The third-order valence-corrected chi connectivity index (χ3v) is 17.9. The summed E-state index contributed by atoms with van der Waals surface area (Å²) in [6.07, 6.45) is 33.4. The molecule has 3 saturated carbocycles. The van der Waals surface area contributed by atoms with Crippen LogP contribution in [0.4, 0.5) is 0 Å². The van der Waals surface area contributed by atoms with Crippen LogP contribution in [0.3, 0.4) is 0 Å². The number of carbonyl (C=O) groups excluding carboxylic acids is 3. The SMILES string of the molecule is CCCCCCCC/C=C\CCCCCCCC(=O)OC[C@H](COP(=O)([O-])OCC[N+](C)(C)C)OC(=O)CCC(=O)O[C@H]1CC[C@@]2(C)C(=CC[C@H]3[C@@H]4CC[C@H]([C@H](C)CCCC(C)C)[C@@]4(C)CC[C@@H]32)C1. The van der Waals surface area contributed by atoms with Gasteiger partial charge in [0.1, 0.15) is 25.9 Å². The van der Waals surface area contributed by atoms with Crippen LogP contribution in [0, 0.1) is 46.3 Å². The molecule has 4 rings (SSSR count). The number of rotatable bonds is 34. The van der Waals surface area contributed by atoms with Gasteiger partial charge in [0, 0.05) is 12.8 Å². The lowest BCUT2D eigenvalue weighted by atomic mass is 9.47. The van der Waals surface area contributed by atoms with Crippen molar-refractivity contribution in [2.24, 2.45) is 46.3 Å². The van der Waals surface area contributed by atoms with E-state index in [1.165, 1.54) is 89.0 Å². The van der Waals surface area contributed by atoms with Crippen molar-refractivity contribution in [2.75, 3.05) is 47.5 Å². The van der Waals surface area contributed by atoms with Gasteiger partial charge in [0.25, 0.3) is 7.82 Å². The number of ether oxygens (including phenoxy) is 3. The van der Waals surface area contributed by atoms with Crippen LogP contribution in [-0.2, 0) is 42.2 Å². The van der Waals surface area contributed by atoms with Gasteiger partial charge in [0.2, 0.25) is 0 Å². The minimum Gasteiger partial charge on any atom is -0.756 e. The number of fused-ring (bicyclic) bond motifs is 5. The van der Waals surface area contributed by atoms with E-state index in [-0.39, 0.29) is 44.0 Å². The lowest BCUT2D eigenvalue weighted by molar-refractivity contribution is -0.870. The first-order valence-corrected chi connectivity index (χ1v) is 29.5. The number of quaternary nitrogens is 1. The van der Waals surface area contributed by atoms with E-state index in [1.54, 1.807) is 0 Å². The van der Waals surface area contributed by atoms with E-state index >= 15 is 0 Å². The lowest BCUT2D eigenvalue weighted by Crippen LogP contribution is -2.51. The summed E-state index contributed by atoms with van der Waals surface area (Å²) in [6.45, 7) is 13.9. The summed E-state index contributed by atoms with van der Waals surface area (Å²) >= 11 is 0. The summed E-state index contributed by atoms with van der Waals surface area (Å²) in [5.74, 6) is 2.92. The quantitative estimate of drug-likeness (QED) is 0.0153. The van der Waals surface area contributed by atoms with Gasteiger partial charge in [0.15, 0.2) is 6.10 Å². The lowest BCUT2D eigenvalue weighted by Gasteiger charge is -2.58. The van der Waals surface area contributed by atoms with Gasteiger partial charge in [-0.1, -0.05) is 136 Å². The molecular formula is C57H100NO10P. The number of likely N-dealkylation sites (N-methyl/N-ethyl adjacent to an activating group) is 1. The van der Waals surface area contributed by atoms with Crippen molar-refractivity contribution < 1.29 is 51.6 Å². The second-order valence-electron chi connectivity index (χ2n) is 23.9. The predicted molar refractivity (Wildman–Crippen MR) is 275 cm³/mol. The van der Waals surface area contributed by atoms with Crippen molar-refractivity contribution >= 4 is 25.7 Å². The third-order valence-electron chi connectivity index (χ3n) is 16.9. The molecule has 0 aromatic heterocycles. The maximum Gasteiger partial charge on any atom is 0.306 e. The van der Waals surface area contributed by atoms with Crippen LogP contribution in [0.2, 0.25) is 0 Å². The molecule has 3 fully saturated rings. The Morgan fingerprint density at radius 2 is 1.43 bits per heavy atom. The zero-order chi connectivity index (χ0) is 50.5. The summed E-state index contributed by atoms with van der Waals surface area (Å²) in [4.78, 5) is 51.6. The highest BCUT2D eigenvalue weighted by Crippen LogP contribution is 2.67. The third kappa shape index (κ3) is 20.4. The summed E-state index contributed by atoms with van der Waals surface area (Å²) in [5.41, 5.74) is 2.01. The fraction of sp³-hybridized carbons (Fsp3) is 0.877. The monoisotopic (exact) mass is 990 g/mol. The Balaban J connectivity index is 1.19. The number of phosphoric acid groups is 1. The van der Waals surface area contributed by atoms with Gasteiger partial charge in [-0.3, -0.25) is 18.9 Å². The number of esters is 3. The Bertz CT molecular complexity index is 1660. The topological polar surface area (TPSA) is 137 Å². The molecule has 11 nitrogen and oxygen atoms in total. The molecule has 0 aliphatic heterocycles. The van der Waals surface area contributed by atoms with E-state index in [9.17, 15) is 23.8 Å². The molecule has 69 heavy (non-hydrogen) atoms. The van der Waals surface area contributed by atoms with Gasteiger partial charge in [-0.05, 0) is 123 Å². The first kappa shape index (κ1) is 59.5. The van der Waals surface area contributed by atoms with Crippen LogP contribution in [0.15, 0.2) is 23.8 Å². The Kier molecular flexibility index (Phi) is 25.5. The van der Waals surface area contributed by atoms with Crippen LogP contribution in [0.5, 0.6) is 0 Å². The van der Waals surface area contributed by atoms with E-state index in [1.807, 2.05) is 21.1 Å². The second-order valence-corrected chi connectivity index (χ2v) is 25.3. The highest BCUT2D eigenvalue weighted by Gasteiger charge is 2.59. The number of carbonyl (C=O) groups is 3. The number of phosphoric ester groups is 1. The van der Waals surface area contributed by atoms with Crippen LogP contribution >= 0.6 is 7.82 Å². The number of hydrogen-bond donors (Lipinski definition) is 0. The van der Waals surface area contributed by atoms with E-state index in [2.05, 4.69) is 59.8 Å². The van der Waals surface area contributed by atoms with Crippen molar-refractivity contribution in [3.63, 3.8) is 0 Å². The zero-order valence-electron chi connectivity index (χ0n) is 45.2. The predicted octanol–water partition coefficient (Wildman–Crippen LogP) is 13.4. The van der Waals surface area contributed by atoms with E-state index in [4.69, 9.17) is 23.3 Å². The van der Waals surface area contributed by atoms with Crippen LogP contribution in [0.1, 0.15) is 215 Å². The van der Waals surface area contributed by atoms with Gasteiger partial charge in [-0.25, -0.2) is 0 Å². The first-order chi connectivity index (χ1) is 32.8. The standard InChI is InChI=1S/C57H100NO10P/c1-10-11-12-13-14-15-16-17-18-19-20-21-22-23-24-28-53(59)64-42-48(43-66-69(62,63)65-40-39-58(7,8)9)68-55(61)34-33-54(60)67-47-35-37-56(5)46(41-47)29-30-49-51-32-31-50(45(4)27-25-26-44(2)3)57(51,6)38-36-52(49)56/h17-18,29,44-45,47-52H,10-16,19-28,30-43H2,1-9H3/b18-17-/t45-,47+,48-,49+,50-,51+,52+,56+,57-/m1/s1. The second kappa shape index (κ2) is 29.6. The van der Waals surface area contributed by atoms with Crippen molar-refractivity contribution in [3.8, 4) is 0 Å². The summed E-state index contributed by atoms with van der Waals surface area (Å²) in [5, 5.41) is 0. The van der Waals surface area contributed by atoms with Crippen molar-refractivity contribution in [1.29, 1.82) is 0 Å². The van der Waals surface area contributed by atoms with Gasteiger partial charge < -0.3 is 32.6 Å². The fourth-order valence-electron chi connectivity index (χ4n) is 12.8. The van der Waals surface area contributed by atoms with Crippen molar-refractivity contribution in [3.05, 3.63) is 23.8 Å². The molecule has 0 N–H and O–H groups in total. The normalized spacial score (nSPS) is 27.5. The Hall–Kier alpha value is -2.04. The van der Waals surface area contributed by atoms with Gasteiger partial charge >= 0.3 is 17.9 Å². The molecule has 12 heteroatoms. The zero-order valence-corrected chi connectivity index (χ0v) is 46.1. The molecular weight excluding hydrogens is 890 g/mol. The molecule has 0 aromatic rings. The Labute approximate surface area is 420 Å². The first-order valence-electron chi connectivity index (χ1n) is 28.1. The molecule has 4 aliphatic rings. The minimum atomic E-state index is -4.74. The van der Waals surface area contributed by atoms with Crippen LogP contribution < -0.4 is 4.89 Å². The molecule has 4 aliphatic carbocycles. The number of unbranched alkanes of at least 4 members (excludes halogenated alkanes) is 11. The summed E-state index contributed by atoms with van der Waals surface area (Å²) in [7, 11) is 0.993. The molecule has 10 atom stereocenters. The Morgan fingerprint density at radius 3 is 2.12 bits per heavy atom. The maximum absolute atomic E-state index is 13.2. The van der Waals surface area contributed by atoms with Crippen LogP contribution in [0.25, 0.3) is 0 Å². The molecule has 1 unspecified atom stereocenters. The fourth-order valence-corrected chi connectivity index (χ4v) is 13.5. The molecule has 0 spiro atoms. The van der Waals surface area contributed by atoms with E-state index in [0.29, 0.717) is 28.8 Å². The number of nitrogens with zero attached hydrogens (tertiary/aromatic N) is 1. The van der Waals surface area contributed by atoms with E-state index in [0.717, 1.165) is 93.8 Å². The summed E-state index contributed by atoms with van der Waals surface area (Å²) in [6, 6.07) is 0. The smallest absolute Gasteiger partial charge is 0.306 e. The Morgan fingerprint density at radius 1 is 0.768 bits per heavy atom. The number of hydrogen-bond acceptors (Lipinski definition) is 10. The largest absolute Gasteiger partial charge is 0.756 e. The molecule has 0 amide bonds. The highest BCUT2D eigenvalue weighted by atomic mass is 31.2. The molecule has 398 valence electrons.